The van der Waals surface area contributed by atoms with Gasteiger partial charge < -0.3 is 19.7 Å². The number of methoxy groups -OCH3 is 2. The fourth-order valence-electron chi connectivity index (χ4n) is 3.28. The molecule has 1 aromatic carbocycles. The molecule has 0 unspecified atom stereocenters. The second kappa shape index (κ2) is 7.34. The summed E-state index contributed by atoms with van der Waals surface area (Å²) in [6.07, 6.45) is 4.66. The third-order valence-electron chi connectivity index (χ3n) is 4.85. The van der Waals surface area contributed by atoms with Gasteiger partial charge in [0.15, 0.2) is 11.5 Å². The number of fused-ring (bicyclic) bond motifs is 1. The molecular weight excluding hydrogens is 354 g/mol. The van der Waals surface area contributed by atoms with E-state index in [0.717, 1.165) is 47.0 Å². The van der Waals surface area contributed by atoms with Crippen molar-refractivity contribution in [1.29, 1.82) is 0 Å². The number of aryl methyl sites for hydroxylation is 2. The zero-order valence-electron chi connectivity index (χ0n) is 16.5. The number of benzene rings is 1. The van der Waals surface area contributed by atoms with E-state index in [-0.39, 0.29) is 0 Å². The van der Waals surface area contributed by atoms with Gasteiger partial charge in [-0.3, -0.25) is 0 Å². The second-order valence-electron chi connectivity index (χ2n) is 6.78. The van der Waals surface area contributed by atoms with Crippen LogP contribution < -0.4 is 19.7 Å². The van der Waals surface area contributed by atoms with Gasteiger partial charge in [-0.25, -0.2) is 9.97 Å². The average Bonchev–Trinajstić information content (AvgIpc) is 3.13. The van der Waals surface area contributed by atoms with Crippen molar-refractivity contribution in [2.45, 2.75) is 20.3 Å². The maximum Gasteiger partial charge on any atom is 0.229 e. The van der Waals surface area contributed by atoms with Gasteiger partial charge in [0.05, 0.1) is 14.2 Å². The zero-order chi connectivity index (χ0) is 19.7. The Bertz CT molecular complexity index is 1000. The maximum atomic E-state index is 5.41. The van der Waals surface area contributed by atoms with Gasteiger partial charge in [-0.1, -0.05) is 6.07 Å². The predicted octanol–water partition coefficient (Wildman–Crippen LogP) is 3.94. The van der Waals surface area contributed by atoms with Gasteiger partial charge in [0.1, 0.15) is 11.6 Å². The van der Waals surface area contributed by atoms with E-state index in [0.29, 0.717) is 17.4 Å². The molecule has 1 aliphatic heterocycles. The highest BCUT2D eigenvalue weighted by Crippen LogP contribution is 2.35. The first-order valence-corrected chi connectivity index (χ1v) is 9.15. The lowest BCUT2D eigenvalue weighted by molar-refractivity contribution is 0.355. The summed E-state index contributed by atoms with van der Waals surface area (Å²) in [4.78, 5) is 15.9. The molecule has 3 heterocycles. The van der Waals surface area contributed by atoms with E-state index >= 15 is 0 Å². The molecule has 0 fully saturated rings. The van der Waals surface area contributed by atoms with E-state index in [9.17, 15) is 0 Å². The van der Waals surface area contributed by atoms with Crippen LogP contribution in [0.2, 0.25) is 0 Å². The quantitative estimate of drug-likeness (QED) is 0.722. The van der Waals surface area contributed by atoms with Crippen molar-refractivity contribution in [2.75, 3.05) is 31.0 Å². The number of nitrogens with one attached hydrogen (secondary N) is 1. The molecule has 1 N–H and O–H groups in total. The van der Waals surface area contributed by atoms with Crippen LogP contribution in [0.3, 0.4) is 0 Å². The molecule has 7 nitrogen and oxygen atoms in total. The molecule has 3 aromatic rings. The highest BCUT2D eigenvalue weighted by molar-refractivity contribution is 5.68. The summed E-state index contributed by atoms with van der Waals surface area (Å²) in [7, 11) is 3.25. The zero-order valence-corrected chi connectivity index (χ0v) is 16.5. The molecule has 7 heteroatoms. The predicted molar refractivity (Wildman–Crippen MR) is 109 cm³/mol. The Morgan fingerprint density at radius 1 is 1.00 bits per heavy atom. The lowest BCUT2D eigenvalue weighted by atomic mass is 10.1. The van der Waals surface area contributed by atoms with Crippen molar-refractivity contribution in [3.63, 3.8) is 0 Å². The number of pyridine rings is 1. The standard InChI is InChI=1S/C21H23N5O2/c1-13-5-6-19(22-11-13)26-8-7-15-12-23-21(25-20(15)26)24-16-10-18(28-4)17(27-3)9-14(16)2/h5-6,9-12H,7-8H2,1-4H3,(H,23,24,25). The molecule has 0 amide bonds. The Kier molecular flexibility index (Phi) is 4.73. The van der Waals surface area contributed by atoms with Crippen LogP contribution in [0.5, 0.6) is 11.5 Å². The number of hydrogen-bond donors (Lipinski definition) is 1. The normalized spacial score (nSPS) is 12.6. The number of nitrogens with zero attached hydrogens (tertiary/aromatic N) is 4. The van der Waals surface area contributed by atoms with E-state index in [4.69, 9.17) is 14.5 Å². The average molecular weight is 377 g/mol. The Morgan fingerprint density at radius 3 is 2.50 bits per heavy atom. The second-order valence-corrected chi connectivity index (χ2v) is 6.78. The van der Waals surface area contributed by atoms with Crippen molar-refractivity contribution < 1.29 is 9.47 Å². The topological polar surface area (TPSA) is 72.4 Å². The Balaban J connectivity index is 1.65. The minimum absolute atomic E-state index is 0.535. The lowest BCUT2D eigenvalue weighted by Crippen LogP contribution is -2.16. The highest BCUT2D eigenvalue weighted by atomic mass is 16.5. The van der Waals surface area contributed by atoms with Gasteiger partial charge in [0, 0.05) is 36.3 Å². The number of rotatable bonds is 5. The van der Waals surface area contributed by atoms with Crippen molar-refractivity contribution in [3.05, 3.63) is 53.3 Å². The van der Waals surface area contributed by atoms with Crippen LogP contribution in [0.1, 0.15) is 16.7 Å². The molecule has 4 rings (SSSR count). The first-order chi connectivity index (χ1) is 13.6. The number of aromatic nitrogens is 3. The van der Waals surface area contributed by atoms with Gasteiger partial charge in [-0.15, -0.1) is 0 Å². The number of anilines is 4. The van der Waals surface area contributed by atoms with Crippen LogP contribution in [-0.2, 0) is 6.42 Å². The molecule has 0 spiro atoms. The van der Waals surface area contributed by atoms with Crippen molar-refractivity contribution in [3.8, 4) is 11.5 Å². The molecule has 28 heavy (non-hydrogen) atoms. The van der Waals surface area contributed by atoms with E-state index < -0.39 is 0 Å². The summed E-state index contributed by atoms with van der Waals surface area (Å²) in [5, 5.41) is 3.30. The fraction of sp³-hybridized carbons (Fsp3) is 0.286. The van der Waals surface area contributed by atoms with Crippen LogP contribution in [0.15, 0.2) is 36.7 Å². The number of ether oxygens (including phenoxy) is 2. The van der Waals surface area contributed by atoms with Crippen LogP contribution in [0.4, 0.5) is 23.3 Å². The summed E-state index contributed by atoms with van der Waals surface area (Å²) in [5.74, 6) is 3.68. The Morgan fingerprint density at radius 2 is 1.79 bits per heavy atom. The van der Waals surface area contributed by atoms with Crippen molar-refractivity contribution in [1.82, 2.24) is 15.0 Å². The monoisotopic (exact) mass is 377 g/mol. The largest absolute Gasteiger partial charge is 0.493 e. The highest BCUT2D eigenvalue weighted by Gasteiger charge is 2.24. The number of hydrogen-bond acceptors (Lipinski definition) is 7. The van der Waals surface area contributed by atoms with Gasteiger partial charge in [0.25, 0.3) is 0 Å². The Labute approximate surface area is 164 Å². The lowest BCUT2D eigenvalue weighted by Gasteiger charge is -2.18. The molecule has 0 bridgehead atoms. The molecule has 0 atom stereocenters. The fourth-order valence-corrected chi connectivity index (χ4v) is 3.28. The van der Waals surface area contributed by atoms with Crippen LogP contribution in [-0.4, -0.2) is 35.7 Å². The van der Waals surface area contributed by atoms with E-state index in [1.165, 1.54) is 0 Å². The third kappa shape index (κ3) is 3.31. The van der Waals surface area contributed by atoms with Crippen molar-refractivity contribution in [2.24, 2.45) is 0 Å². The first-order valence-electron chi connectivity index (χ1n) is 9.15. The Hall–Kier alpha value is -3.35. The summed E-state index contributed by atoms with van der Waals surface area (Å²) in [6.45, 7) is 4.88. The van der Waals surface area contributed by atoms with Gasteiger partial charge in [-0.05, 0) is 43.5 Å². The molecule has 0 saturated heterocycles. The van der Waals surface area contributed by atoms with Crippen molar-refractivity contribution >= 4 is 23.3 Å². The van der Waals surface area contributed by atoms with Gasteiger partial charge in [0.2, 0.25) is 5.95 Å². The first kappa shape index (κ1) is 18.0. The molecule has 0 saturated carbocycles. The third-order valence-corrected chi connectivity index (χ3v) is 4.85. The maximum absolute atomic E-state index is 5.41. The molecule has 0 radical (unpaired) electrons. The summed E-state index contributed by atoms with van der Waals surface area (Å²) >= 11 is 0. The minimum atomic E-state index is 0.535. The van der Waals surface area contributed by atoms with Crippen LogP contribution in [0, 0.1) is 13.8 Å². The van der Waals surface area contributed by atoms with E-state index in [1.807, 2.05) is 44.4 Å². The SMILES string of the molecule is COc1cc(C)c(Nc2ncc3c(n2)N(c2ccc(C)cn2)CC3)cc1OC. The van der Waals surface area contributed by atoms with E-state index in [1.54, 1.807) is 14.2 Å². The molecule has 144 valence electrons. The molecule has 1 aliphatic rings. The van der Waals surface area contributed by atoms with E-state index in [2.05, 4.69) is 26.3 Å². The summed E-state index contributed by atoms with van der Waals surface area (Å²) in [5.41, 5.74) is 4.14. The van der Waals surface area contributed by atoms with Gasteiger partial charge >= 0.3 is 0 Å². The summed E-state index contributed by atoms with van der Waals surface area (Å²) in [6, 6.07) is 7.91. The molecule has 0 aliphatic carbocycles. The van der Waals surface area contributed by atoms with Crippen LogP contribution >= 0.6 is 0 Å². The van der Waals surface area contributed by atoms with Gasteiger partial charge in [-0.2, -0.15) is 4.98 Å². The summed E-state index contributed by atoms with van der Waals surface area (Å²) < 4.78 is 10.8. The van der Waals surface area contributed by atoms with Crippen LogP contribution in [0.25, 0.3) is 0 Å². The molecular formula is C21H23N5O2. The smallest absolute Gasteiger partial charge is 0.229 e. The molecule has 2 aromatic heterocycles. The minimum Gasteiger partial charge on any atom is -0.493 e.